The van der Waals surface area contributed by atoms with Crippen molar-refractivity contribution in [2.45, 2.75) is 58.3 Å². The molecule has 1 heterocycles. The highest BCUT2D eigenvalue weighted by atomic mass is 32.1. The van der Waals surface area contributed by atoms with Crippen molar-refractivity contribution < 1.29 is 19.1 Å². The number of amides is 2. The van der Waals surface area contributed by atoms with Crippen molar-refractivity contribution in [2.75, 3.05) is 11.5 Å². The lowest BCUT2D eigenvalue weighted by atomic mass is 10.0. The topological polar surface area (TPSA) is 63.7 Å². The predicted octanol–water partition coefficient (Wildman–Crippen LogP) is 5.93. The quantitative estimate of drug-likeness (QED) is 0.291. The van der Waals surface area contributed by atoms with E-state index in [4.69, 9.17) is 4.74 Å². The Hall–Kier alpha value is -3.25. The zero-order valence-corrected chi connectivity index (χ0v) is 20.9. The Balaban J connectivity index is 1.77. The zero-order chi connectivity index (χ0) is 24.6. The lowest BCUT2D eigenvalue weighted by Gasteiger charge is -2.21. The van der Waals surface area contributed by atoms with Crippen molar-refractivity contribution in [3.8, 4) is 0 Å². The smallest absolute Gasteiger partial charge is 0.341 e. The molecule has 0 bridgehead atoms. The molecule has 1 aliphatic carbocycles. The van der Waals surface area contributed by atoms with Crippen molar-refractivity contribution in [1.29, 1.82) is 0 Å². The molecule has 5 nitrogen and oxygen atoms in total. The highest BCUT2D eigenvalue weighted by Gasteiger charge is 2.34. The van der Waals surface area contributed by atoms with Crippen LogP contribution in [0.25, 0.3) is 0 Å². The molecular weight excluding hydrogens is 458 g/mol. The summed E-state index contributed by atoms with van der Waals surface area (Å²) in [6.45, 7) is 2.25. The van der Waals surface area contributed by atoms with Gasteiger partial charge in [0.1, 0.15) is 5.00 Å². The van der Waals surface area contributed by atoms with E-state index in [1.165, 1.54) is 16.2 Å². The van der Waals surface area contributed by atoms with E-state index in [0.29, 0.717) is 23.6 Å². The monoisotopic (exact) mass is 489 g/mol. The zero-order valence-electron chi connectivity index (χ0n) is 20.1. The van der Waals surface area contributed by atoms with Gasteiger partial charge in [0, 0.05) is 4.88 Å². The average molecular weight is 490 g/mol. The van der Waals surface area contributed by atoms with Crippen LogP contribution in [-0.4, -0.2) is 24.4 Å². The Morgan fingerprint density at radius 1 is 0.829 bits per heavy atom. The predicted molar refractivity (Wildman–Crippen MR) is 139 cm³/mol. The van der Waals surface area contributed by atoms with Gasteiger partial charge in [-0.2, -0.15) is 0 Å². The standard InChI is InChI=1S/C29H31NO4S/c1-2-18-34-29(33)27-23-16-10-5-11-17-24(23)35-28(27)30(25(31)19-21-12-6-3-7-13-21)26(32)20-22-14-8-4-9-15-22/h3-4,6-9,12-15H,2,5,10-11,16-20H2,1H3. The molecular formula is C29H31NO4S. The molecule has 0 N–H and O–H groups in total. The van der Waals surface area contributed by atoms with Crippen LogP contribution in [0.3, 0.4) is 0 Å². The molecule has 0 spiro atoms. The number of carbonyl (C=O) groups is 3. The summed E-state index contributed by atoms with van der Waals surface area (Å²) >= 11 is 1.41. The van der Waals surface area contributed by atoms with Gasteiger partial charge in [0.05, 0.1) is 25.0 Å². The first-order valence-electron chi connectivity index (χ1n) is 12.3. The summed E-state index contributed by atoms with van der Waals surface area (Å²) in [7, 11) is 0. The number of ether oxygens (including phenoxy) is 1. The van der Waals surface area contributed by atoms with Crippen LogP contribution in [0.2, 0.25) is 0 Å². The van der Waals surface area contributed by atoms with Crippen molar-refractivity contribution >= 4 is 34.1 Å². The number of aryl methyl sites for hydroxylation is 1. The SMILES string of the molecule is CCCOC(=O)c1c(N(C(=O)Cc2ccccc2)C(=O)Cc2ccccc2)sc2c1CCCCC2. The third-order valence-electron chi connectivity index (χ3n) is 6.14. The van der Waals surface area contributed by atoms with Gasteiger partial charge in [-0.05, 0) is 48.8 Å². The fraction of sp³-hybridized carbons (Fsp3) is 0.345. The number of hydrogen-bond acceptors (Lipinski definition) is 5. The molecule has 1 aliphatic rings. The molecule has 6 heteroatoms. The Bertz CT molecular complexity index is 1120. The second-order valence-corrected chi connectivity index (χ2v) is 9.91. The molecule has 0 saturated carbocycles. The van der Waals surface area contributed by atoms with Gasteiger partial charge in [-0.15, -0.1) is 11.3 Å². The number of fused-ring (bicyclic) bond motifs is 1. The van der Waals surface area contributed by atoms with Gasteiger partial charge in [0.25, 0.3) is 0 Å². The normalized spacial score (nSPS) is 12.9. The highest BCUT2D eigenvalue weighted by molar-refractivity contribution is 7.17. The second kappa shape index (κ2) is 11.9. The van der Waals surface area contributed by atoms with Crippen molar-refractivity contribution in [1.82, 2.24) is 0 Å². The van der Waals surface area contributed by atoms with E-state index in [1.54, 1.807) is 0 Å². The number of nitrogens with zero attached hydrogens (tertiary/aromatic N) is 1. The number of rotatable bonds is 8. The Morgan fingerprint density at radius 3 is 1.97 bits per heavy atom. The van der Waals surface area contributed by atoms with E-state index in [9.17, 15) is 14.4 Å². The number of esters is 1. The van der Waals surface area contributed by atoms with Crippen LogP contribution >= 0.6 is 11.3 Å². The molecule has 0 aliphatic heterocycles. The van der Waals surface area contributed by atoms with Crippen LogP contribution < -0.4 is 4.90 Å². The Kier molecular flexibility index (Phi) is 8.48. The number of hydrogen-bond donors (Lipinski definition) is 0. The van der Waals surface area contributed by atoms with Gasteiger partial charge in [-0.1, -0.05) is 74.0 Å². The molecule has 2 amide bonds. The summed E-state index contributed by atoms with van der Waals surface area (Å²) in [6.07, 6.45) is 5.58. The van der Waals surface area contributed by atoms with Gasteiger partial charge in [0.15, 0.2) is 0 Å². The van der Waals surface area contributed by atoms with Crippen LogP contribution in [0.4, 0.5) is 5.00 Å². The maximum atomic E-state index is 13.7. The average Bonchev–Trinajstić information content (AvgIpc) is 3.05. The van der Waals surface area contributed by atoms with Crippen LogP contribution in [0.1, 0.15) is 64.5 Å². The third-order valence-corrected chi connectivity index (χ3v) is 7.42. The summed E-state index contributed by atoms with van der Waals surface area (Å²) in [5.41, 5.74) is 3.00. The van der Waals surface area contributed by atoms with E-state index >= 15 is 0 Å². The van der Waals surface area contributed by atoms with Gasteiger partial charge in [-0.3, -0.25) is 9.59 Å². The molecule has 1 aromatic heterocycles. The molecule has 3 aromatic rings. The summed E-state index contributed by atoms with van der Waals surface area (Å²) in [6, 6.07) is 18.8. The molecule has 0 fully saturated rings. The summed E-state index contributed by atoms with van der Waals surface area (Å²) < 4.78 is 5.55. The minimum Gasteiger partial charge on any atom is -0.462 e. The minimum absolute atomic E-state index is 0.0768. The molecule has 0 saturated heterocycles. The van der Waals surface area contributed by atoms with E-state index in [-0.39, 0.29) is 24.7 Å². The lowest BCUT2D eigenvalue weighted by Crippen LogP contribution is -2.39. The third kappa shape index (κ3) is 6.06. The number of imide groups is 1. The Morgan fingerprint density at radius 2 is 1.40 bits per heavy atom. The first-order valence-corrected chi connectivity index (χ1v) is 13.2. The maximum absolute atomic E-state index is 13.7. The van der Waals surface area contributed by atoms with Crippen molar-refractivity contribution in [3.05, 3.63) is 87.8 Å². The molecule has 2 aromatic carbocycles. The lowest BCUT2D eigenvalue weighted by molar-refractivity contribution is -0.125. The molecule has 4 rings (SSSR count). The Labute approximate surface area is 210 Å². The van der Waals surface area contributed by atoms with Crippen LogP contribution in [0, 0.1) is 0 Å². The van der Waals surface area contributed by atoms with Crippen LogP contribution in [-0.2, 0) is 40.0 Å². The van der Waals surface area contributed by atoms with Gasteiger partial charge < -0.3 is 4.74 Å². The van der Waals surface area contributed by atoms with E-state index in [2.05, 4.69) is 0 Å². The van der Waals surface area contributed by atoms with Crippen molar-refractivity contribution in [2.24, 2.45) is 0 Å². The largest absolute Gasteiger partial charge is 0.462 e. The minimum atomic E-state index is -0.439. The molecule has 182 valence electrons. The fourth-order valence-corrected chi connectivity index (χ4v) is 5.84. The first-order chi connectivity index (χ1) is 17.1. The number of anilines is 1. The van der Waals surface area contributed by atoms with Gasteiger partial charge >= 0.3 is 5.97 Å². The summed E-state index contributed by atoms with van der Waals surface area (Å²) in [5, 5.41) is 0.417. The van der Waals surface area contributed by atoms with Crippen molar-refractivity contribution in [3.63, 3.8) is 0 Å². The van der Waals surface area contributed by atoms with E-state index < -0.39 is 5.97 Å². The molecule has 0 radical (unpaired) electrons. The molecule has 0 atom stereocenters. The van der Waals surface area contributed by atoms with Crippen LogP contribution in [0.15, 0.2) is 60.7 Å². The number of carbonyl (C=O) groups excluding carboxylic acids is 3. The van der Waals surface area contributed by atoms with E-state index in [1.807, 2.05) is 67.6 Å². The summed E-state index contributed by atoms with van der Waals surface area (Å²) in [4.78, 5) is 43.0. The second-order valence-electron chi connectivity index (χ2n) is 8.83. The molecule has 0 unspecified atom stereocenters. The number of benzene rings is 2. The van der Waals surface area contributed by atoms with E-state index in [0.717, 1.165) is 53.7 Å². The van der Waals surface area contributed by atoms with Gasteiger partial charge in [-0.25, -0.2) is 9.69 Å². The van der Waals surface area contributed by atoms with Gasteiger partial charge in [0.2, 0.25) is 11.8 Å². The first kappa shape index (κ1) is 24.9. The molecule has 35 heavy (non-hydrogen) atoms. The number of thiophene rings is 1. The van der Waals surface area contributed by atoms with Crippen LogP contribution in [0.5, 0.6) is 0 Å². The fourth-order valence-electron chi connectivity index (χ4n) is 4.43. The summed E-state index contributed by atoms with van der Waals surface area (Å²) in [5.74, 6) is -1.11. The highest BCUT2D eigenvalue weighted by Crippen LogP contribution is 2.40. The maximum Gasteiger partial charge on any atom is 0.341 e.